The third-order valence-electron chi connectivity index (χ3n) is 4.65. The van der Waals surface area contributed by atoms with Gasteiger partial charge in [-0.2, -0.15) is 5.10 Å². The van der Waals surface area contributed by atoms with Gasteiger partial charge in [-0.1, -0.05) is 42.5 Å². The van der Waals surface area contributed by atoms with Crippen LogP contribution in [0, 0.1) is 10.5 Å². The third kappa shape index (κ3) is 3.51. The molecule has 3 nitrogen and oxygen atoms in total. The summed E-state index contributed by atoms with van der Waals surface area (Å²) in [5.41, 5.74) is 6.98. The normalized spacial score (nSPS) is 11.2. The highest BCUT2D eigenvalue weighted by Crippen LogP contribution is 2.25. The number of hydrogen-bond donors (Lipinski definition) is 0. The van der Waals surface area contributed by atoms with Crippen molar-refractivity contribution in [3.8, 4) is 11.3 Å². The molecule has 26 heavy (non-hydrogen) atoms. The van der Waals surface area contributed by atoms with E-state index in [0.29, 0.717) is 0 Å². The first-order valence-electron chi connectivity index (χ1n) is 8.74. The lowest BCUT2D eigenvalue weighted by Crippen LogP contribution is -1.96. The second-order valence-corrected chi connectivity index (χ2v) is 7.80. The highest BCUT2D eigenvalue weighted by molar-refractivity contribution is 14.1. The summed E-state index contributed by atoms with van der Waals surface area (Å²) in [6.07, 6.45) is 4.02. The Balaban J connectivity index is 1.56. The minimum atomic E-state index is 0.964. The Hall–Kier alpha value is -2.21. The number of benzene rings is 2. The first-order valence-corrected chi connectivity index (χ1v) is 9.82. The maximum atomic E-state index is 4.87. The molecule has 2 aromatic carbocycles. The smallest absolute Gasteiger partial charge is 0.0761 e. The lowest BCUT2D eigenvalue weighted by atomic mass is 10.0. The van der Waals surface area contributed by atoms with Gasteiger partial charge >= 0.3 is 0 Å². The van der Waals surface area contributed by atoms with Crippen LogP contribution in [0.5, 0.6) is 0 Å². The summed E-state index contributed by atoms with van der Waals surface area (Å²) in [5.74, 6) is 0. The molecule has 0 unspecified atom stereocenters. The Bertz CT molecular complexity index is 1060. The summed E-state index contributed by atoms with van der Waals surface area (Å²) < 4.78 is 3.12. The van der Waals surface area contributed by atoms with Gasteiger partial charge in [0.2, 0.25) is 0 Å². The zero-order chi connectivity index (χ0) is 18.1. The van der Waals surface area contributed by atoms with Gasteiger partial charge in [0.05, 0.1) is 20.5 Å². The highest BCUT2D eigenvalue weighted by Gasteiger charge is 2.08. The first kappa shape index (κ1) is 17.2. The van der Waals surface area contributed by atoms with Crippen molar-refractivity contribution in [2.24, 2.45) is 7.05 Å². The van der Waals surface area contributed by atoms with Crippen LogP contribution in [0.2, 0.25) is 0 Å². The topological polar surface area (TPSA) is 30.7 Å². The van der Waals surface area contributed by atoms with Crippen LogP contribution in [0.15, 0.2) is 60.8 Å². The summed E-state index contributed by atoms with van der Waals surface area (Å²) in [6.45, 7) is 2.13. The van der Waals surface area contributed by atoms with Gasteiger partial charge in [0, 0.05) is 24.2 Å². The number of aromatic nitrogens is 3. The zero-order valence-electron chi connectivity index (χ0n) is 14.9. The van der Waals surface area contributed by atoms with E-state index in [-0.39, 0.29) is 0 Å². The Morgan fingerprint density at radius 1 is 1.00 bits per heavy atom. The van der Waals surface area contributed by atoms with Crippen molar-refractivity contribution < 1.29 is 0 Å². The highest BCUT2D eigenvalue weighted by atomic mass is 127. The van der Waals surface area contributed by atoms with Crippen LogP contribution < -0.4 is 0 Å². The van der Waals surface area contributed by atoms with Gasteiger partial charge in [0.25, 0.3) is 0 Å². The van der Waals surface area contributed by atoms with Crippen molar-refractivity contribution in [1.29, 1.82) is 0 Å². The van der Waals surface area contributed by atoms with Crippen LogP contribution >= 0.6 is 22.6 Å². The Morgan fingerprint density at radius 2 is 1.77 bits per heavy atom. The monoisotopic (exact) mass is 453 g/mol. The van der Waals surface area contributed by atoms with Crippen molar-refractivity contribution in [2.75, 3.05) is 0 Å². The predicted molar refractivity (Wildman–Crippen MR) is 115 cm³/mol. The van der Waals surface area contributed by atoms with E-state index in [9.17, 15) is 0 Å². The molecule has 4 aromatic rings. The Labute approximate surface area is 167 Å². The van der Waals surface area contributed by atoms with E-state index in [2.05, 4.69) is 89.3 Å². The van der Waals surface area contributed by atoms with Crippen LogP contribution in [0.25, 0.3) is 22.2 Å². The Morgan fingerprint density at radius 3 is 2.50 bits per heavy atom. The lowest BCUT2D eigenvalue weighted by molar-refractivity contribution is 0.737. The largest absolute Gasteiger partial charge is 0.274 e. The van der Waals surface area contributed by atoms with Crippen molar-refractivity contribution in [2.45, 2.75) is 19.8 Å². The van der Waals surface area contributed by atoms with E-state index in [1.165, 1.54) is 31.3 Å². The van der Waals surface area contributed by atoms with Gasteiger partial charge in [-0.15, -0.1) is 0 Å². The summed E-state index contributed by atoms with van der Waals surface area (Å²) >= 11 is 2.36. The SMILES string of the molecule is Cc1cc2ccccc2nc1-c1ccc(CCc2nn(C)cc2I)cc1. The molecule has 2 aromatic heterocycles. The van der Waals surface area contributed by atoms with Crippen molar-refractivity contribution in [3.63, 3.8) is 0 Å². The van der Waals surface area contributed by atoms with Gasteiger partial charge in [0.15, 0.2) is 0 Å². The third-order valence-corrected chi connectivity index (χ3v) is 5.55. The quantitative estimate of drug-likeness (QED) is 0.391. The van der Waals surface area contributed by atoms with E-state index in [1.54, 1.807) is 0 Å². The van der Waals surface area contributed by atoms with Gasteiger partial charge < -0.3 is 0 Å². The van der Waals surface area contributed by atoms with Gasteiger partial charge in [0.1, 0.15) is 0 Å². The number of fused-ring (bicyclic) bond motifs is 1. The molecule has 130 valence electrons. The molecule has 0 saturated carbocycles. The van der Waals surface area contributed by atoms with E-state index in [0.717, 1.165) is 24.1 Å². The number of para-hydroxylation sites is 1. The molecular weight excluding hydrogens is 433 g/mol. The average Bonchev–Trinajstić information content (AvgIpc) is 2.97. The molecule has 0 amide bonds. The molecule has 0 N–H and O–H groups in total. The summed E-state index contributed by atoms with van der Waals surface area (Å²) in [7, 11) is 1.97. The number of aryl methyl sites for hydroxylation is 4. The molecule has 0 aliphatic rings. The number of hydrogen-bond acceptors (Lipinski definition) is 2. The van der Waals surface area contributed by atoms with E-state index >= 15 is 0 Å². The summed E-state index contributed by atoms with van der Waals surface area (Å²) in [5, 5.41) is 5.72. The molecule has 0 atom stereocenters. The van der Waals surface area contributed by atoms with E-state index in [1.807, 2.05) is 17.8 Å². The van der Waals surface area contributed by atoms with Crippen LogP contribution in [0.4, 0.5) is 0 Å². The molecule has 0 spiro atoms. The number of pyridine rings is 1. The van der Waals surface area contributed by atoms with Crippen molar-refractivity contribution in [3.05, 3.63) is 81.2 Å². The fourth-order valence-electron chi connectivity index (χ4n) is 3.28. The van der Waals surface area contributed by atoms with Crippen LogP contribution in [-0.2, 0) is 19.9 Å². The van der Waals surface area contributed by atoms with Gasteiger partial charge in [-0.3, -0.25) is 4.68 Å². The molecule has 0 aliphatic carbocycles. The molecule has 0 bridgehead atoms. The summed E-state index contributed by atoms with van der Waals surface area (Å²) in [6, 6.07) is 19.3. The second-order valence-electron chi connectivity index (χ2n) is 6.64. The molecule has 4 rings (SSSR count). The average molecular weight is 453 g/mol. The zero-order valence-corrected chi connectivity index (χ0v) is 17.1. The molecule has 2 heterocycles. The maximum absolute atomic E-state index is 4.87. The second kappa shape index (κ2) is 7.19. The minimum absolute atomic E-state index is 0.964. The minimum Gasteiger partial charge on any atom is -0.274 e. The lowest BCUT2D eigenvalue weighted by Gasteiger charge is -2.09. The van der Waals surface area contributed by atoms with Crippen molar-refractivity contribution >= 4 is 33.5 Å². The maximum Gasteiger partial charge on any atom is 0.0761 e. The molecule has 4 heteroatoms. The van der Waals surface area contributed by atoms with Gasteiger partial charge in [-0.25, -0.2) is 4.98 Å². The predicted octanol–water partition coefficient (Wildman–Crippen LogP) is 5.33. The number of halogens is 1. The van der Waals surface area contributed by atoms with Crippen molar-refractivity contribution in [1.82, 2.24) is 14.8 Å². The molecule has 0 radical (unpaired) electrons. The first-order chi connectivity index (χ1) is 12.6. The van der Waals surface area contributed by atoms with Crippen LogP contribution in [-0.4, -0.2) is 14.8 Å². The fourth-order valence-corrected chi connectivity index (χ4v) is 4.06. The molecule has 0 saturated heterocycles. The van der Waals surface area contributed by atoms with E-state index in [4.69, 9.17) is 4.98 Å². The fraction of sp³-hybridized carbons (Fsp3) is 0.182. The number of nitrogens with zero attached hydrogens (tertiary/aromatic N) is 3. The molecular formula is C22H20IN3. The standard InChI is InChI=1S/C22H20IN3/c1-15-13-18-5-3-4-6-20(18)24-22(15)17-10-7-16(8-11-17)9-12-21-19(23)14-26(2)25-21/h3-8,10-11,13-14H,9,12H2,1-2H3. The van der Waals surface area contributed by atoms with Crippen LogP contribution in [0.1, 0.15) is 16.8 Å². The van der Waals surface area contributed by atoms with Gasteiger partial charge in [-0.05, 0) is 65.6 Å². The Kier molecular flexibility index (Phi) is 4.76. The molecule has 0 aliphatic heterocycles. The number of rotatable bonds is 4. The van der Waals surface area contributed by atoms with E-state index < -0.39 is 0 Å². The molecule has 0 fully saturated rings. The van der Waals surface area contributed by atoms with Crippen LogP contribution in [0.3, 0.4) is 0 Å². The summed E-state index contributed by atoms with van der Waals surface area (Å²) in [4.78, 5) is 4.87.